The molecule has 0 aliphatic carbocycles. The van der Waals surface area contributed by atoms with Gasteiger partial charge in [0.05, 0.1) is 6.10 Å². The van der Waals surface area contributed by atoms with E-state index in [0.29, 0.717) is 12.0 Å². The van der Waals surface area contributed by atoms with Gasteiger partial charge in [-0.25, -0.2) is 0 Å². The third-order valence-electron chi connectivity index (χ3n) is 4.00. The summed E-state index contributed by atoms with van der Waals surface area (Å²) in [6.45, 7) is 16.4. The van der Waals surface area contributed by atoms with Gasteiger partial charge >= 0.3 is 0 Å². The van der Waals surface area contributed by atoms with Gasteiger partial charge in [-0.3, -0.25) is 0 Å². The number of hydrogen-bond acceptors (Lipinski definition) is 2. The molecule has 2 nitrogen and oxygen atoms in total. The molecule has 1 aromatic rings. The highest BCUT2D eigenvalue weighted by atomic mass is 16.3. The summed E-state index contributed by atoms with van der Waals surface area (Å²) in [6.07, 6.45) is 4.78. The molecular formula is C22H37NO. The Kier molecular flexibility index (Phi) is 8.72. The van der Waals surface area contributed by atoms with Gasteiger partial charge in [0.15, 0.2) is 0 Å². The lowest BCUT2D eigenvalue weighted by molar-refractivity contribution is 0.161. The van der Waals surface area contributed by atoms with E-state index in [0.717, 1.165) is 37.8 Å². The van der Waals surface area contributed by atoms with E-state index in [-0.39, 0.29) is 6.10 Å². The monoisotopic (exact) mass is 331 g/mol. The van der Waals surface area contributed by atoms with Crippen LogP contribution < -0.4 is 5.32 Å². The minimum Gasteiger partial charge on any atom is -0.392 e. The Labute approximate surface area is 149 Å². The molecule has 136 valence electrons. The van der Waals surface area contributed by atoms with E-state index in [1.54, 1.807) is 0 Å². The third-order valence-corrected chi connectivity index (χ3v) is 4.00. The molecule has 0 aliphatic rings. The summed E-state index contributed by atoms with van der Waals surface area (Å²) in [5.74, 6) is 0. The van der Waals surface area contributed by atoms with Crippen molar-refractivity contribution in [3.63, 3.8) is 0 Å². The summed E-state index contributed by atoms with van der Waals surface area (Å²) in [5.41, 5.74) is 5.61. The van der Waals surface area contributed by atoms with Gasteiger partial charge in [-0.2, -0.15) is 0 Å². The summed E-state index contributed by atoms with van der Waals surface area (Å²) in [7, 11) is 0. The number of benzene rings is 1. The lowest BCUT2D eigenvalue weighted by atomic mass is 9.86. The quantitative estimate of drug-likeness (QED) is 0.589. The molecule has 0 amide bonds. The van der Waals surface area contributed by atoms with Crippen molar-refractivity contribution in [2.45, 2.75) is 79.4 Å². The highest BCUT2D eigenvalue weighted by Crippen LogP contribution is 2.23. The molecule has 0 bridgehead atoms. The fourth-order valence-corrected chi connectivity index (χ4v) is 2.99. The van der Waals surface area contributed by atoms with Crippen LogP contribution in [0.2, 0.25) is 0 Å². The zero-order valence-electron chi connectivity index (χ0n) is 16.4. The second-order valence-corrected chi connectivity index (χ2v) is 8.43. The number of nitrogens with one attached hydrogen (secondary N) is 1. The van der Waals surface area contributed by atoms with Gasteiger partial charge in [-0.1, -0.05) is 57.9 Å². The molecule has 0 aromatic heterocycles. The molecule has 1 aromatic carbocycles. The predicted octanol–water partition coefficient (Wildman–Crippen LogP) is 5.03. The Morgan fingerprint density at radius 3 is 2.38 bits per heavy atom. The topological polar surface area (TPSA) is 32.3 Å². The average molecular weight is 332 g/mol. The molecule has 24 heavy (non-hydrogen) atoms. The first-order chi connectivity index (χ1) is 11.2. The molecule has 0 radical (unpaired) electrons. The van der Waals surface area contributed by atoms with Crippen molar-refractivity contribution in [2.24, 2.45) is 5.41 Å². The number of allylic oxidation sites excluding steroid dienone is 1. The van der Waals surface area contributed by atoms with Gasteiger partial charge in [-0.05, 0) is 54.7 Å². The molecule has 1 unspecified atom stereocenters. The molecule has 0 saturated carbocycles. The minimum absolute atomic E-state index is 0.297. The van der Waals surface area contributed by atoms with Gasteiger partial charge in [0.1, 0.15) is 0 Å². The van der Waals surface area contributed by atoms with E-state index in [1.165, 1.54) is 23.1 Å². The normalized spacial score (nSPS) is 13.1. The number of rotatable bonds is 10. The van der Waals surface area contributed by atoms with Gasteiger partial charge in [-0.15, -0.1) is 6.58 Å². The Morgan fingerprint density at radius 1 is 1.17 bits per heavy atom. The fraction of sp³-hybridized carbons (Fsp3) is 0.636. The van der Waals surface area contributed by atoms with Crippen LogP contribution in [0.3, 0.4) is 0 Å². The molecule has 1 atom stereocenters. The summed E-state index contributed by atoms with van der Waals surface area (Å²) >= 11 is 0. The van der Waals surface area contributed by atoms with Crippen LogP contribution in [0.25, 0.3) is 0 Å². The lowest BCUT2D eigenvalue weighted by Gasteiger charge is -2.20. The van der Waals surface area contributed by atoms with Crippen LogP contribution >= 0.6 is 0 Å². The largest absolute Gasteiger partial charge is 0.392 e. The van der Waals surface area contributed by atoms with E-state index < -0.39 is 0 Å². The van der Waals surface area contributed by atoms with Crippen molar-refractivity contribution >= 4 is 0 Å². The van der Waals surface area contributed by atoms with Gasteiger partial charge in [0.25, 0.3) is 0 Å². The maximum absolute atomic E-state index is 10.0. The van der Waals surface area contributed by atoms with E-state index in [2.05, 4.69) is 57.8 Å². The van der Waals surface area contributed by atoms with Gasteiger partial charge < -0.3 is 10.4 Å². The van der Waals surface area contributed by atoms with Crippen LogP contribution in [-0.4, -0.2) is 17.8 Å². The SMILES string of the molecule is C=C(C)CCC(O)CNCc1cc(CCC)cc(CC(C)(C)C)c1. The highest BCUT2D eigenvalue weighted by Gasteiger charge is 2.12. The Bertz CT molecular complexity index is 513. The first kappa shape index (κ1) is 20.9. The first-order valence-electron chi connectivity index (χ1n) is 9.34. The second kappa shape index (κ2) is 10.0. The Morgan fingerprint density at radius 2 is 1.79 bits per heavy atom. The Balaban J connectivity index is 2.63. The van der Waals surface area contributed by atoms with Crippen LogP contribution in [0.1, 0.15) is 70.6 Å². The molecule has 2 N–H and O–H groups in total. The van der Waals surface area contributed by atoms with Crippen molar-refractivity contribution in [3.05, 3.63) is 47.0 Å². The maximum Gasteiger partial charge on any atom is 0.0667 e. The number of aryl methyl sites for hydroxylation is 1. The van der Waals surface area contributed by atoms with Crippen molar-refractivity contribution in [3.8, 4) is 0 Å². The standard InChI is InChI=1S/C22H37NO/c1-7-8-18-11-19(14-22(4,5)6)13-20(12-18)15-23-16-21(24)10-9-17(2)3/h11-13,21,23-24H,2,7-10,14-16H2,1,3-6H3. The van der Waals surface area contributed by atoms with Crippen LogP contribution in [0, 0.1) is 5.41 Å². The molecule has 0 aliphatic heterocycles. The number of aliphatic hydroxyl groups is 1. The molecule has 1 rings (SSSR count). The van der Waals surface area contributed by atoms with Crippen molar-refractivity contribution in [1.82, 2.24) is 5.32 Å². The van der Waals surface area contributed by atoms with Crippen LogP contribution in [0.15, 0.2) is 30.4 Å². The zero-order valence-corrected chi connectivity index (χ0v) is 16.4. The van der Waals surface area contributed by atoms with Crippen molar-refractivity contribution < 1.29 is 5.11 Å². The van der Waals surface area contributed by atoms with Gasteiger partial charge in [0.2, 0.25) is 0 Å². The Hall–Kier alpha value is -1.12. The van der Waals surface area contributed by atoms with Crippen molar-refractivity contribution in [1.29, 1.82) is 0 Å². The predicted molar refractivity (Wildman–Crippen MR) is 105 cm³/mol. The zero-order chi connectivity index (χ0) is 18.2. The fourth-order valence-electron chi connectivity index (χ4n) is 2.99. The molecule has 0 fully saturated rings. The maximum atomic E-state index is 10.0. The molecule has 0 spiro atoms. The summed E-state index contributed by atoms with van der Waals surface area (Å²) in [6, 6.07) is 6.99. The van der Waals surface area contributed by atoms with Crippen LogP contribution in [-0.2, 0) is 19.4 Å². The van der Waals surface area contributed by atoms with Crippen LogP contribution in [0.4, 0.5) is 0 Å². The van der Waals surface area contributed by atoms with Gasteiger partial charge in [0, 0.05) is 13.1 Å². The first-order valence-corrected chi connectivity index (χ1v) is 9.34. The number of hydrogen-bond donors (Lipinski definition) is 2. The van der Waals surface area contributed by atoms with E-state index >= 15 is 0 Å². The highest BCUT2D eigenvalue weighted by molar-refractivity contribution is 5.31. The average Bonchev–Trinajstić information content (AvgIpc) is 2.43. The minimum atomic E-state index is -0.297. The lowest BCUT2D eigenvalue weighted by Crippen LogP contribution is -2.26. The smallest absolute Gasteiger partial charge is 0.0667 e. The summed E-state index contributed by atoms with van der Waals surface area (Å²) in [4.78, 5) is 0. The summed E-state index contributed by atoms with van der Waals surface area (Å²) < 4.78 is 0. The second-order valence-electron chi connectivity index (χ2n) is 8.43. The third kappa shape index (κ3) is 9.24. The molecule has 0 saturated heterocycles. The molecule has 2 heteroatoms. The molecule has 0 heterocycles. The van der Waals surface area contributed by atoms with Crippen molar-refractivity contribution in [2.75, 3.05) is 6.54 Å². The van der Waals surface area contributed by atoms with E-state index in [9.17, 15) is 5.11 Å². The van der Waals surface area contributed by atoms with E-state index in [1.807, 2.05) is 6.92 Å². The summed E-state index contributed by atoms with van der Waals surface area (Å²) in [5, 5.41) is 13.4. The molecular weight excluding hydrogens is 294 g/mol. The number of aliphatic hydroxyl groups excluding tert-OH is 1. The van der Waals surface area contributed by atoms with E-state index in [4.69, 9.17) is 0 Å². The van der Waals surface area contributed by atoms with Crippen LogP contribution in [0.5, 0.6) is 0 Å².